The Balaban J connectivity index is 1.76. The third-order valence-electron chi connectivity index (χ3n) is 4.87. The average Bonchev–Trinajstić information content (AvgIpc) is 2.96. The molecular weight excluding hydrogens is 376 g/mol. The molecule has 28 heavy (non-hydrogen) atoms. The van der Waals surface area contributed by atoms with E-state index in [2.05, 4.69) is 24.1 Å². The summed E-state index contributed by atoms with van der Waals surface area (Å²) in [6.45, 7) is 7.27. The molecule has 0 fully saturated rings. The van der Waals surface area contributed by atoms with Crippen LogP contribution >= 0.6 is 11.6 Å². The molecule has 0 bridgehead atoms. The van der Waals surface area contributed by atoms with Crippen LogP contribution in [-0.4, -0.2) is 37.1 Å². The van der Waals surface area contributed by atoms with Crippen molar-refractivity contribution in [3.8, 4) is 11.5 Å². The highest BCUT2D eigenvalue weighted by molar-refractivity contribution is 6.32. The molecule has 2 aromatic rings. The maximum atomic E-state index is 13.1. The number of nitrogens with one attached hydrogen (secondary N) is 1. The molecule has 1 aliphatic heterocycles. The molecule has 3 rings (SSSR count). The third-order valence-corrected chi connectivity index (χ3v) is 5.15. The van der Waals surface area contributed by atoms with E-state index in [-0.39, 0.29) is 11.9 Å². The zero-order valence-corrected chi connectivity index (χ0v) is 17.2. The van der Waals surface area contributed by atoms with E-state index in [1.807, 2.05) is 42.5 Å². The number of benzene rings is 2. The number of carbonyl (C=O) groups is 1. The van der Waals surface area contributed by atoms with Crippen molar-refractivity contribution < 1.29 is 14.3 Å². The highest BCUT2D eigenvalue weighted by atomic mass is 35.5. The number of rotatable bonds is 7. The van der Waals surface area contributed by atoms with Gasteiger partial charge in [0.15, 0.2) is 11.5 Å². The van der Waals surface area contributed by atoms with Crippen molar-refractivity contribution in [2.45, 2.75) is 32.9 Å². The normalized spacial score (nSPS) is 14.4. The summed E-state index contributed by atoms with van der Waals surface area (Å²) in [4.78, 5) is 15.2. The molecule has 0 spiro atoms. The lowest BCUT2D eigenvalue weighted by Gasteiger charge is -2.29. The van der Waals surface area contributed by atoms with Crippen molar-refractivity contribution >= 4 is 17.5 Å². The summed E-state index contributed by atoms with van der Waals surface area (Å²) >= 11 is 6.36. The Morgan fingerprint density at radius 1 is 1.14 bits per heavy atom. The SMILES string of the molecule is CCN(CC)C(C(=O)NCc1cc(Cl)c2c(c1)OCCCO2)c1ccccc1. The lowest BCUT2D eigenvalue weighted by molar-refractivity contribution is -0.126. The quantitative estimate of drug-likeness (QED) is 0.754. The van der Waals surface area contributed by atoms with Crippen LogP contribution in [0.15, 0.2) is 42.5 Å². The summed E-state index contributed by atoms with van der Waals surface area (Å²) in [7, 11) is 0. The average molecular weight is 403 g/mol. The lowest BCUT2D eigenvalue weighted by Crippen LogP contribution is -2.40. The van der Waals surface area contributed by atoms with Crippen LogP contribution in [0, 0.1) is 0 Å². The molecule has 1 unspecified atom stereocenters. The fourth-order valence-electron chi connectivity index (χ4n) is 3.42. The van der Waals surface area contributed by atoms with Crippen LogP contribution in [0.2, 0.25) is 5.02 Å². The standard InChI is InChI=1S/C22H27ClN2O3/c1-3-25(4-2)20(17-9-6-5-7-10-17)22(26)24-15-16-13-18(23)21-19(14-16)27-11-8-12-28-21/h5-7,9-10,13-14,20H,3-4,8,11-12,15H2,1-2H3,(H,24,26). The van der Waals surface area contributed by atoms with Gasteiger partial charge in [-0.15, -0.1) is 0 Å². The van der Waals surface area contributed by atoms with Crippen LogP contribution < -0.4 is 14.8 Å². The van der Waals surface area contributed by atoms with E-state index in [0.29, 0.717) is 36.3 Å². The Hall–Kier alpha value is -2.24. The van der Waals surface area contributed by atoms with Crippen LogP contribution in [-0.2, 0) is 11.3 Å². The Morgan fingerprint density at radius 2 is 1.86 bits per heavy atom. The largest absolute Gasteiger partial charge is 0.489 e. The molecule has 0 aliphatic carbocycles. The Kier molecular flexibility index (Phi) is 7.18. The molecule has 150 valence electrons. The molecule has 0 saturated heterocycles. The first-order valence-corrected chi connectivity index (χ1v) is 10.2. The van der Waals surface area contributed by atoms with E-state index in [4.69, 9.17) is 21.1 Å². The molecule has 1 aliphatic rings. The molecule has 1 heterocycles. The number of nitrogens with zero attached hydrogens (tertiary/aromatic N) is 1. The predicted molar refractivity (Wildman–Crippen MR) is 111 cm³/mol. The maximum Gasteiger partial charge on any atom is 0.242 e. The Bertz CT molecular complexity index is 794. The fourth-order valence-corrected chi connectivity index (χ4v) is 3.71. The molecular formula is C22H27ClN2O3. The highest BCUT2D eigenvalue weighted by Crippen LogP contribution is 2.38. The molecule has 1 amide bonds. The number of likely N-dealkylation sites (N-methyl/N-ethyl adjacent to an activating group) is 1. The second kappa shape index (κ2) is 9.80. The third kappa shape index (κ3) is 4.78. The van der Waals surface area contributed by atoms with Crippen LogP contribution in [0.5, 0.6) is 11.5 Å². The summed E-state index contributed by atoms with van der Waals surface area (Å²) < 4.78 is 11.4. The van der Waals surface area contributed by atoms with E-state index >= 15 is 0 Å². The minimum Gasteiger partial charge on any atom is -0.489 e. The molecule has 2 aromatic carbocycles. The van der Waals surface area contributed by atoms with E-state index in [9.17, 15) is 4.79 Å². The molecule has 1 N–H and O–H groups in total. The first kappa shape index (κ1) is 20.5. The fraction of sp³-hybridized carbons (Fsp3) is 0.409. The summed E-state index contributed by atoms with van der Waals surface area (Å²) in [6, 6.07) is 13.3. The topological polar surface area (TPSA) is 50.8 Å². The molecule has 1 atom stereocenters. The van der Waals surface area contributed by atoms with Crippen molar-refractivity contribution in [2.75, 3.05) is 26.3 Å². The van der Waals surface area contributed by atoms with Gasteiger partial charge in [0.2, 0.25) is 5.91 Å². The number of ether oxygens (including phenoxy) is 2. The molecule has 0 aromatic heterocycles. The first-order valence-electron chi connectivity index (χ1n) is 9.78. The number of carbonyl (C=O) groups excluding carboxylic acids is 1. The predicted octanol–water partition coefficient (Wildman–Crippen LogP) is 4.20. The van der Waals surface area contributed by atoms with Gasteiger partial charge >= 0.3 is 0 Å². The second-order valence-corrected chi connectivity index (χ2v) is 7.11. The van der Waals surface area contributed by atoms with Gasteiger partial charge in [-0.05, 0) is 36.3 Å². The number of halogens is 1. The van der Waals surface area contributed by atoms with Crippen LogP contribution in [0.4, 0.5) is 0 Å². The number of fused-ring (bicyclic) bond motifs is 1. The number of hydrogen-bond acceptors (Lipinski definition) is 4. The van der Waals surface area contributed by atoms with Gasteiger partial charge in [0.25, 0.3) is 0 Å². The van der Waals surface area contributed by atoms with Crippen molar-refractivity contribution in [1.82, 2.24) is 10.2 Å². The van der Waals surface area contributed by atoms with Gasteiger partial charge in [-0.3, -0.25) is 9.69 Å². The zero-order chi connectivity index (χ0) is 19.9. The summed E-state index contributed by atoms with van der Waals surface area (Å²) in [5.74, 6) is 1.19. The van der Waals surface area contributed by atoms with Crippen molar-refractivity contribution in [3.63, 3.8) is 0 Å². The van der Waals surface area contributed by atoms with Crippen molar-refractivity contribution in [1.29, 1.82) is 0 Å². The monoisotopic (exact) mass is 402 g/mol. The van der Waals surface area contributed by atoms with Crippen molar-refractivity contribution in [3.05, 3.63) is 58.6 Å². The van der Waals surface area contributed by atoms with Gasteiger partial charge in [-0.2, -0.15) is 0 Å². The Morgan fingerprint density at radius 3 is 2.57 bits per heavy atom. The first-order chi connectivity index (χ1) is 13.6. The number of amides is 1. The number of hydrogen-bond donors (Lipinski definition) is 1. The maximum absolute atomic E-state index is 13.1. The molecule has 5 nitrogen and oxygen atoms in total. The molecule has 0 radical (unpaired) electrons. The molecule has 6 heteroatoms. The van der Waals surface area contributed by atoms with Gasteiger partial charge in [0.05, 0.1) is 18.2 Å². The molecule has 0 saturated carbocycles. The van der Waals surface area contributed by atoms with Gasteiger partial charge in [0, 0.05) is 13.0 Å². The minimum atomic E-state index is -0.327. The summed E-state index contributed by atoms with van der Waals surface area (Å²) in [5.41, 5.74) is 1.87. The minimum absolute atomic E-state index is 0.0295. The van der Waals surface area contributed by atoms with E-state index < -0.39 is 0 Å². The van der Waals surface area contributed by atoms with E-state index in [1.54, 1.807) is 0 Å². The van der Waals surface area contributed by atoms with Crippen LogP contribution in [0.3, 0.4) is 0 Å². The van der Waals surface area contributed by atoms with Crippen LogP contribution in [0.25, 0.3) is 0 Å². The van der Waals surface area contributed by atoms with Crippen LogP contribution in [0.1, 0.15) is 37.4 Å². The van der Waals surface area contributed by atoms with Gasteiger partial charge in [-0.25, -0.2) is 0 Å². The van der Waals surface area contributed by atoms with Gasteiger partial charge in [-0.1, -0.05) is 55.8 Å². The zero-order valence-electron chi connectivity index (χ0n) is 16.4. The highest BCUT2D eigenvalue weighted by Gasteiger charge is 2.25. The van der Waals surface area contributed by atoms with Gasteiger partial charge in [0.1, 0.15) is 6.04 Å². The van der Waals surface area contributed by atoms with E-state index in [1.165, 1.54) is 0 Å². The van der Waals surface area contributed by atoms with E-state index in [0.717, 1.165) is 30.6 Å². The Labute approximate surface area is 171 Å². The van der Waals surface area contributed by atoms with Gasteiger partial charge < -0.3 is 14.8 Å². The lowest BCUT2D eigenvalue weighted by atomic mass is 10.0. The van der Waals surface area contributed by atoms with Crippen molar-refractivity contribution in [2.24, 2.45) is 0 Å². The summed E-state index contributed by atoms with van der Waals surface area (Å²) in [6.07, 6.45) is 0.819. The summed E-state index contributed by atoms with van der Waals surface area (Å²) in [5, 5.41) is 3.57. The second-order valence-electron chi connectivity index (χ2n) is 6.71. The smallest absolute Gasteiger partial charge is 0.242 e.